The van der Waals surface area contributed by atoms with Gasteiger partial charge in [-0.3, -0.25) is 9.88 Å². The molecule has 4 heterocycles. The number of fused-ring (bicyclic) bond motifs is 4. The van der Waals surface area contributed by atoms with Gasteiger partial charge in [0.05, 0.1) is 24.3 Å². The van der Waals surface area contributed by atoms with E-state index in [4.69, 9.17) is 44.2 Å². The van der Waals surface area contributed by atoms with Gasteiger partial charge in [0.15, 0.2) is 5.60 Å². The number of aliphatic carboxylic acids is 3. The largest absolute Gasteiger partial charge is 0.490 e. The lowest BCUT2D eigenvalue weighted by atomic mass is 9.83. The molecule has 0 aliphatic carbocycles. The monoisotopic (exact) mass is 732 g/mol. The third kappa shape index (κ3) is 11.9. The van der Waals surface area contributed by atoms with E-state index < -0.39 is 36.4 Å². The van der Waals surface area contributed by atoms with E-state index in [1.54, 1.807) is 7.11 Å². The van der Waals surface area contributed by atoms with E-state index >= 15 is 0 Å². The summed E-state index contributed by atoms with van der Waals surface area (Å²) in [5.74, 6) is -7.33. The molecule has 0 unspecified atom stereocenters. The highest BCUT2D eigenvalue weighted by atomic mass is 19.4. The van der Waals surface area contributed by atoms with Crippen molar-refractivity contribution in [2.45, 2.75) is 50.1 Å². The van der Waals surface area contributed by atoms with Crippen LogP contribution in [0.1, 0.15) is 24.1 Å². The molecule has 276 valence electrons. The zero-order valence-electron chi connectivity index (χ0n) is 25.7. The molecular weight excluding hydrogens is 703 g/mol. The number of ether oxygens (including phenoxy) is 2. The van der Waals surface area contributed by atoms with Crippen LogP contribution in [-0.4, -0.2) is 98.0 Å². The zero-order chi connectivity index (χ0) is 37.9. The first-order chi connectivity index (χ1) is 23.1. The molecule has 5 rings (SSSR count). The smallest absolute Gasteiger partial charge is 0.480 e. The highest BCUT2D eigenvalue weighted by Gasteiger charge is 2.46. The summed E-state index contributed by atoms with van der Waals surface area (Å²) in [5.41, 5.74) is 4.32. The Bertz CT molecular complexity index is 1510. The minimum Gasteiger partial charge on any atom is -0.480 e. The summed E-state index contributed by atoms with van der Waals surface area (Å²) in [7, 11) is 1.74. The first-order valence-corrected chi connectivity index (χ1v) is 14.0. The Labute approximate surface area is 276 Å². The number of carboxylic acids is 3. The number of para-hydroxylation sites is 1. The molecule has 2 aliphatic heterocycles. The van der Waals surface area contributed by atoms with Crippen LogP contribution < -0.4 is 4.74 Å². The van der Waals surface area contributed by atoms with Crippen LogP contribution >= 0.6 is 0 Å². The number of benzene rings is 1. The summed E-state index contributed by atoms with van der Waals surface area (Å²) in [6.45, 7) is 4.37. The normalized spacial score (nSPS) is 14.9. The van der Waals surface area contributed by atoms with Crippen LogP contribution in [0.25, 0.3) is 11.3 Å². The van der Waals surface area contributed by atoms with Gasteiger partial charge in [-0.2, -0.15) is 39.5 Å². The SMILES string of the molecule is COCCn1cnc2c1C1(CCN(Cc3ccncc3)CC1)Oc1ccccc1-2.O=C(O)C(F)(F)F.O=C(O)C(F)(F)F.O=C(O)C(F)(F)F. The van der Waals surface area contributed by atoms with Gasteiger partial charge in [-0.15, -0.1) is 0 Å². The molecule has 2 aromatic heterocycles. The Morgan fingerprint density at radius 2 is 1.32 bits per heavy atom. The molecule has 0 saturated carbocycles. The lowest BCUT2D eigenvalue weighted by molar-refractivity contribution is -0.193. The second-order valence-corrected chi connectivity index (χ2v) is 10.3. The second kappa shape index (κ2) is 17.1. The third-order valence-corrected chi connectivity index (χ3v) is 6.80. The van der Waals surface area contributed by atoms with E-state index in [0.29, 0.717) is 6.61 Å². The highest BCUT2D eigenvalue weighted by Crippen LogP contribution is 2.49. The molecule has 1 saturated heterocycles. The van der Waals surface area contributed by atoms with Gasteiger partial charge >= 0.3 is 36.4 Å². The molecule has 3 N–H and O–H groups in total. The lowest BCUT2D eigenvalue weighted by Gasteiger charge is -2.44. The molecule has 1 aromatic carbocycles. The molecule has 1 fully saturated rings. The van der Waals surface area contributed by atoms with E-state index in [1.807, 2.05) is 24.8 Å². The number of rotatable bonds is 5. The predicted octanol–water partition coefficient (Wildman–Crippen LogP) is 5.38. The average Bonchev–Trinajstić information content (AvgIpc) is 3.47. The van der Waals surface area contributed by atoms with Crippen LogP contribution in [-0.2, 0) is 37.8 Å². The van der Waals surface area contributed by atoms with Gasteiger partial charge in [-0.05, 0) is 29.8 Å². The second-order valence-electron chi connectivity index (χ2n) is 10.3. The number of likely N-dealkylation sites (tertiary alicyclic amines) is 1. The fourth-order valence-corrected chi connectivity index (χ4v) is 4.58. The number of alkyl halides is 9. The van der Waals surface area contributed by atoms with Gasteiger partial charge in [-0.25, -0.2) is 19.4 Å². The van der Waals surface area contributed by atoms with Crippen LogP contribution in [0, 0.1) is 0 Å². The third-order valence-electron chi connectivity index (χ3n) is 6.80. The Balaban J connectivity index is 0.000000338. The number of carbonyl (C=O) groups is 3. The molecule has 2 aliphatic rings. The maximum atomic E-state index is 10.6. The number of hydrogen-bond donors (Lipinski definition) is 3. The van der Waals surface area contributed by atoms with Crippen molar-refractivity contribution in [3.8, 4) is 17.0 Å². The number of pyridine rings is 1. The van der Waals surface area contributed by atoms with E-state index in [1.165, 1.54) is 11.3 Å². The number of halogens is 9. The number of piperidine rings is 1. The zero-order valence-corrected chi connectivity index (χ0v) is 25.7. The van der Waals surface area contributed by atoms with Crippen molar-refractivity contribution in [1.29, 1.82) is 0 Å². The Hall–Kier alpha value is -4.92. The molecule has 3 aromatic rings. The van der Waals surface area contributed by atoms with Gasteiger partial charge in [0.2, 0.25) is 0 Å². The van der Waals surface area contributed by atoms with Crippen molar-refractivity contribution in [1.82, 2.24) is 19.4 Å². The van der Waals surface area contributed by atoms with Crippen LogP contribution in [0.3, 0.4) is 0 Å². The summed E-state index contributed by atoms with van der Waals surface area (Å²) >= 11 is 0. The molecule has 0 atom stereocenters. The number of hydrogen-bond acceptors (Lipinski definition) is 8. The molecule has 50 heavy (non-hydrogen) atoms. The standard InChI is InChI=1S/C23H26N4O2.3C2HF3O2/c1-28-15-14-27-17-25-21-19-4-2-3-5-20(19)29-23(22(21)27)8-12-26(13-9-23)16-18-6-10-24-11-7-18;3*3-2(4,5)1(6)7/h2-7,10-11,17H,8-9,12-16H2,1H3;3*(H,6,7). The maximum absolute atomic E-state index is 10.6. The fraction of sp³-hybridized carbons (Fsp3) is 0.414. The molecule has 21 heteroatoms. The van der Waals surface area contributed by atoms with Crippen molar-refractivity contribution < 1.29 is 78.7 Å². The Kier molecular flexibility index (Phi) is 14.1. The predicted molar refractivity (Wildman–Crippen MR) is 152 cm³/mol. The average molecular weight is 733 g/mol. The number of imidazole rings is 1. The topological polar surface area (TPSA) is 164 Å². The summed E-state index contributed by atoms with van der Waals surface area (Å²) in [4.78, 5) is 38.1. The number of aromatic nitrogens is 3. The van der Waals surface area contributed by atoms with Crippen molar-refractivity contribution in [3.05, 3.63) is 66.4 Å². The van der Waals surface area contributed by atoms with Crippen LogP contribution in [0.4, 0.5) is 39.5 Å². The molecule has 0 radical (unpaired) electrons. The van der Waals surface area contributed by atoms with Gasteiger partial charge < -0.3 is 29.4 Å². The Morgan fingerprint density at radius 1 is 0.840 bits per heavy atom. The van der Waals surface area contributed by atoms with E-state index in [0.717, 1.165) is 56.0 Å². The summed E-state index contributed by atoms with van der Waals surface area (Å²) < 4.78 is 109. The maximum Gasteiger partial charge on any atom is 0.490 e. The van der Waals surface area contributed by atoms with Gasteiger partial charge in [-0.1, -0.05) is 12.1 Å². The number of nitrogens with zero attached hydrogens (tertiary/aromatic N) is 4. The first kappa shape index (κ1) is 41.3. The minimum absolute atomic E-state index is 0.331. The summed E-state index contributed by atoms with van der Waals surface area (Å²) in [6.07, 6.45) is -7.69. The molecule has 0 amide bonds. The Morgan fingerprint density at radius 3 is 1.78 bits per heavy atom. The quantitative estimate of drug-likeness (QED) is 0.289. The number of methoxy groups -OCH3 is 1. The van der Waals surface area contributed by atoms with Gasteiger partial charge in [0, 0.05) is 64.1 Å². The van der Waals surface area contributed by atoms with Crippen LogP contribution in [0.15, 0.2) is 55.1 Å². The van der Waals surface area contributed by atoms with Crippen molar-refractivity contribution in [2.24, 2.45) is 0 Å². The van der Waals surface area contributed by atoms with E-state index in [9.17, 15) is 39.5 Å². The van der Waals surface area contributed by atoms with Crippen molar-refractivity contribution in [3.63, 3.8) is 0 Å². The molecule has 1 spiro atoms. The summed E-state index contributed by atoms with van der Waals surface area (Å²) in [6, 6.07) is 12.4. The van der Waals surface area contributed by atoms with Gasteiger partial charge in [0.25, 0.3) is 0 Å². The van der Waals surface area contributed by atoms with Crippen molar-refractivity contribution >= 4 is 17.9 Å². The molecule has 12 nitrogen and oxygen atoms in total. The van der Waals surface area contributed by atoms with E-state index in [-0.39, 0.29) is 5.60 Å². The minimum atomic E-state index is -5.08. The van der Waals surface area contributed by atoms with Crippen LogP contribution in [0.5, 0.6) is 5.75 Å². The molecular formula is C29H29F9N4O8. The highest BCUT2D eigenvalue weighted by molar-refractivity contribution is 5.74. The molecule has 0 bridgehead atoms. The lowest BCUT2D eigenvalue weighted by Crippen LogP contribution is -2.48. The van der Waals surface area contributed by atoms with E-state index in [2.05, 4.69) is 44.8 Å². The van der Waals surface area contributed by atoms with Crippen molar-refractivity contribution in [2.75, 3.05) is 26.8 Å². The summed E-state index contributed by atoms with van der Waals surface area (Å²) in [5, 5.41) is 21.4. The first-order valence-electron chi connectivity index (χ1n) is 14.0. The number of carboxylic acid groups (broad SMARTS) is 3. The fourth-order valence-electron chi connectivity index (χ4n) is 4.58. The van der Waals surface area contributed by atoms with Gasteiger partial charge in [0.1, 0.15) is 5.75 Å². The van der Waals surface area contributed by atoms with Crippen LogP contribution in [0.2, 0.25) is 0 Å².